The van der Waals surface area contributed by atoms with Crippen molar-refractivity contribution in [1.82, 2.24) is 0 Å². The largest absolute Gasteiger partial charge is 3.00 e. The van der Waals surface area contributed by atoms with Crippen LogP contribution >= 0.6 is 11.9 Å². The van der Waals surface area contributed by atoms with Gasteiger partial charge in [0.1, 0.15) is 0 Å². The van der Waals surface area contributed by atoms with E-state index < -0.39 is 0 Å². The molecule has 0 heterocycles. The molecule has 0 aliphatic carbocycles. The molecule has 0 fully saturated rings. The first kappa shape index (κ1) is 27.7. The van der Waals surface area contributed by atoms with Crippen LogP contribution in [0.4, 0.5) is 0 Å². The van der Waals surface area contributed by atoms with Crippen molar-refractivity contribution < 1.29 is 63.7 Å². The zero-order valence-electron chi connectivity index (χ0n) is 2.52. The molecule has 0 aromatic carbocycles. The van der Waals surface area contributed by atoms with Gasteiger partial charge in [0.25, 0.3) is 0 Å². The summed E-state index contributed by atoms with van der Waals surface area (Å²) in [6.07, 6.45) is 0. The first-order valence-electron chi connectivity index (χ1n) is 0.154. The van der Waals surface area contributed by atoms with Crippen LogP contribution in [-0.4, -0.2) is 0 Å². The monoisotopic (exact) mass is 165 g/mol. The Kier molecular flexibility index (Phi) is 203. The van der Waals surface area contributed by atoms with Gasteiger partial charge in [-0.05, 0) is 0 Å². The Hall–Kier alpha value is 2.06. The summed E-state index contributed by atoms with van der Waals surface area (Å²) in [5.41, 5.74) is 0. The predicted molar refractivity (Wildman–Crippen MR) is 5.85 cm³/mol. The molecule has 0 aliphatic heterocycles. The topological polar surface area (TPSA) is 23.1 Å². The average Bonchev–Trinajstić information content (AvgIpc) is 1.00. The maximum atomic E-state index is 7.72. The molecule has 0 aliphatic rings. The first-order valence-corrected chi connectivity index (χ1v) is 0.463. The van der Waals surface area contributed by atoms with Gasteiger partial charge >= 0.3 is 46.6 Å². The molecule has 0 rings (SSSR count). The van der Waals surface area contributed by atoms with E-state index in [0.29, 0.717) is 0 Å². The Morgan fingerprint density at radius 2 is 1.20 bits per heavy atom. The molecular weight excluding hydrogens is 166 g/mol. The number of hydrogen-bond donors (Lipinski definition) is 0. The Labute approximate surface area is 74.8 Å². The van der Waals surface area contributed by atoms with E-state index >= 15 is 0 Å². The van der Waals surface area contributed by atoms with Crippen LogP contribution in [0.3, 0.4) is 0 Å². The van der Waals surface area contributed by atoms with Gasteiger partial charge in [0.15, 0.2) is 0 Å². The summed E-state index contributed by atoms with van der Waals surface area (Å²) >= 11 is 3.39. The van der Waals surface area contributed by atoms with E-state index in [1.54, 1.807) is 0 Å². The van der Waals surface area contributed by atoms with Crippen LogP contribution in [-0.2, 0) is 17.1 Å². The van der Waals surface area contributed by atoms with Gasteiger partial charge in [-0.1, -0.05) is 0 Å². The molecule has 5 heavy (non-hydrogen) atoms. The second kappa shape index (κ2) is 36.6. The molecule has 0 unspecified atom stereocenters. The maximum Gasteiger partial charge on any atom is 3.00 e. The third-order valence-electron chi connectivity index (χ3n) is 0. The fourth-order valence-corrected chi connectivity index (χ4v) is 0. The number of halogens is 2. The molecule has 5 heteroatoms. The van der Waals surface area contributed by atoms with Crippen LogP contribution in [0.2, 0.25) is 0 Å². The van der Waals surface area contributed by atoms with Crippen LogP contribution in [0, 0.1) is 0 Å². The van der Waals surface area contributed by atoms with E-state index in [1.165, 1.54) is 0 Å². The van der Waals surface area contributed by atoms with Crippen LogP contribution in [0.5, 0.6) is 0 Å². The molecule has 0 amide bonds. The van der Waals surface area contributed by atoms with E-state index in [-0.39, 0.29) is 59.0 Å². The van der Waals surface area contributed by atoms with Gasteiger partial charge in [0.2, 0.25) is 0 Å². The summed E-state index contributed by atoms with van der Waals surface area (Å²) in [5, 5.41) is 0. The van der Waals surface area contributed by atoms with Crippen molar-refractivity contribution in [2.75, 3.05) is 0 Å². The van der Waals surface area contributed by atoms with Gasteiger partial charge in [-0.25, -0.2) is 11.9 Å². The maximum absolute atomic E-state index is 7.72. The van der Waals surface area contributed by atoms with E-state index in [0.717, 1.165) is 0 Å². The summed E-state index contributed by atoms with van der Waals surface area (Å²) < 4.78 is 7.72. The fraction of sp³-hybridized carbons (Fsp3) is 0. The van der Waals surface area contributed by atoms with Crippen LogP contribution in [0.25, 0.3) is 0 Å². The molecule has 0 bridgehead atoms. The van der Waals surface area contributed by atoms with Gasteiger partial charge < -0.3 is 17.1 Å². The minimum absolute atomic E-state index is 0. The van der Waals surface area contributed by atoms with Crippen molar-refractivity contribution in [2.45, 2.75) is 0 Å². The normalized spacial score (nSPS) is 1.20. The van der Waals surface area contributed by atoms with Crippen molar-refractivity contribution in [3.63, 3.8) is 0 Å². The molecule has 0 saturated carbocycles. The molecule has 0 N–H and O–H groups in total. The van der Waals surface area contributed by atoms with E-state index in [4.69, 9.17) is 4.66 Å². The molecule has 0 aromatic heterocycles. The standard InChI is InChI=1S/ClO.ClH.Fe.Na/c1-2;;;/h;1H;;/q-1;;+3;+1/p-1. The molecule has 27 valence electrons. The van der Waals surface area contributed by atoms with Crippen molar-refractivity contribution in [1.29, 1.82) is 0 Å². The molecule has 1 radical (unpaired) electrons. The first-order chi connectivity index (χ1) is 1.00. The van der Waals surface area contributed by atoms with E-state index in [2.05, 4.69) is 11.9 Å². The Balaban J connectivity index is -0.00000000167. The van der Waals surface area contributed by atoms with Gasteiger partial charge in [0.05, 0.1) is 0 Å². The number of rotatable bonds is 0. The zero-order chi connectivity index (χ0) is 2.00. The predicted octanol–water partition coefficient (Wildman–Crippen LogP) is -6.49. The smallest absolute Gasteiger partial charge is 1.00 e. The van der Waals surface area contributed by atoms with Gasteiger partial charge in [-0.15, -0.1) is 0 Å². The fourth-order valence-electron chi connectivity index (χ4n) is 0. The van der Waals surface area contributed by atoms with Crippen molar-refractivity contribution >= 4 is 11.9 Å². The number of hydrogen-bond acceptors (Lipinski definition) is 1. The summed E-state index contributed by atoms with van der Waals surface area (Å²) in [6, 6.07) is 0. The van der Waals surface area contributed by atoms with Crippen LogP contribution < -0.4 is 46.6 Å². The molecule has 0 saturated heterocycles. The SMILES string of the molecule is [Cl-].[Fe+3].[Na+].[O-]Cl. The van der Waals surface area contributed by atoms with Crippen molar-refractivity contribution in [2.24, 2.45) is 0 Å². The van der Waals surface area contributed by atoms with Crippen molar-refractivity contribution in [3.8, 4) is 0 Å². The molecule has 0 aromatic rings. The van der Waals surface area contributed by atoms with Gasteiger partial charge in [-0.3, -0.25) is 0 Å². The zero-order valence-corrected chi connectivity index (χ0v) is 7.13. The minimum Gasteiger partial charge on any atom is -1.00 e. The van der Waals surface area contributed by atoms with Gasteiger partial charge in [0, 0.05) is 0 Å². The second-order valence-electron chi connectivity index (χ2n) is 0. The van der Waals surface area contributed by atoms with Crippen LogP contribution in [0.1, 0.15) is 0 Å². The molecule has 0 spiro atoms. The molecular formula is Cl2FeNaO+2. The minimum atomic E-state index is 0. The molecule has 0 atom stereocenters. The van der Waals surface area contributed by atoms with Gasteiger partial charge in [-0.2, -0.15) is 0 Å². The Morgan fingerprint density at radius 3 is 1.20 bits per heavy atom. The summed E-state index contributed by atoms with van der Waals surface area (Å²) in [7, 11) is 0. The average molecular weight is 166 g/mol. The van der Waals surface area contributed by atoms with E-state index in [9.17, 15) is 0 Å². The van der Waals surface area contributed by atoms with Crippen LogP contribution in [0.15, 0.2) is 0 Å². The molecule has 1 nitrogen and oxygen atoms in total. The quantitative estimate of drug-likeness (QED) is 0.328. The third kappa shape index (κ3) is 23.5. The third-order valence-corrected chi connectivity index (χ3v) is 0. The second-order valence-corrected chi connectivity index (χ2v) is 0. The Morgan fingerprint density at radius 1 is 1.20 bits per heavy atom. The summed E-state index contributed by atoms with van der Waals surface area (Å²) in [6.45, 7) is 0. The summed E-state index contributed by atoms with van der Waals surface area (Å²) in [5.74, 6) is 0. The summed E-state index contributed by atoms with van der Waals surface area (Å²) in [4.78, 5) is 0. The van der Waals surface area contributed by atoms with Crippen molar-refractivity contribution in [3.05, 3.63) is 0 Å². The van der Waals surface area contributed by atoms with E-state index in [1.807, 2.05) is 0 Å². The Bertz CT molecular complexity index is 9.61.